The predicted molar refractivity (Wildman–Crippen MR) is 93.1 cm³/mol. The monoisotopic (exact) mass is 402 g/mol. The first-order valence-corrected chi connectivity index (χ1v) is 9.08. The summed E-state index contributed by atoms with van der Waals surface area (Å²) >= 11 is 7.16. The van der Waals surface area contributed by atoms with Crippen LogP contribution >= 0.6 is 31.9 Å². The summed E-state index contributed by atoms with van der Waals surface area (Å²) < 4.78 is 2.28. The molecule has 20 heavy (non-hydrogen) atoms. The summed E-state index contributed by atoms with van der Waals surface area (Å²) in [7, 11) is 0. The molecule has 2 nitrogen and oxygen atoms in total. The summed E-state index contributed by atoms with van der Waals surface area (Å²) in [6, 6.07) is 7.27. The quantitative estimate of drug-likeness (QED) is 0.763. The van der Waals surface area contributed by atoms with E-state index < -0.39 is 0 Å². The van der Waals surface area contributed by atoms with E-state index in [9.17, 15) is 0 Å². The minimum atomic E-state index is 0.359. The van der Waals surface area contributed by atoms with Gasteiger partial charge in [-0.3, -0.25) is 0 Å². The smallest absolute Gasteiger partial charge is 0.0305 e. The van der Waals surface area contributed by atoms with Gasteiger partial charge in [0.1, 0.15) is 0 Å². The third-order valence-corrected chi connectivity index (χ3v) is 5.12. The topological polar surface area (TPSA) is 15.3 Å². The normalized spacial score (nSPS) is 19.8. The molecule has 2 atom stereocenters. The third-order valence-electron chi connectivity index (χ3n) is 3.94. The fraction of sp³-hybridized carbons (Fsp3) is 0.625. The van der Waals surface area contributed by atoms with E-state index in [0.717, 1.165) is 15.5 Å². The maximum Gasteiger partial charge on any atom is 0.0305 e. The van der Waals surface area contributed by atoms with Crippen LogP contribution in [0.3, 0.4) is 0 Å². The number of likely N-dealkylation sites (tertiary alicyclic amines) is 1. The van der Waals surface area contributed by atoms with Crippen LogP contribution in [-0.4, -0.2) is 30.6 Å². The van der Waals surface area contributed by atoms with Crippen molar-refractivity contribution in [3.63, 3.8) is 0 Å². The Bertz CT molecular complexity index is 430. The average molecular weight is 404 g/mol. The minimum absolute atomic E-state index is 0.359. The van der Waals surface area contributed by atoms with Crippen LogP contribution < -0.4 is 5.32 Å². The van der Waals surface area contributed by atoms with Crippen molar-refractivity contribution in [3.05, 3.63) is 32.7 Å². The largest absolute Gasteiger partial charge is 0.306 e. The highest BCUT2D eigenvalue weighted by Gasteiger charge is 2.16. The van der Waals surface area contributed by atoms with Crippen LogP contribution in [0.25, 0.3) is 0 Å². The van der Waals surface area contributed by atoms with Gasteiger partial charge in [-0.25, -0.2) is 0 Å². The van der Waals surface area contributed by atoms with Crippen LogP contribution in [0.15, 0.2) is 27.1 Å². The van der Waals surface area contributed by atoms with Gasteiger partial charge < -0.3 is 10.2 Å². The van der Waals surface area contributed by atoms with Crippen molar-refractivity contribution in [2.75, 3.05) is 19.6 Å². The lowest BCUT2D eigenvalue weighted by atomic mass is 10.1. The lowest BCUT2D eigenvalue weighted by molar-refractivity contribution is 0.205. The zero-order chi connectivity index (χ0) is 14.5. The summed E-state index contributed by atoms with van der Waals surface area (Å²) in [4.78, 5) is 2.59. The Hall–Kier alpha value is 0.1000. The maximum absolute atomic E-state index is 3.72. The number of rotatable bonds is 5. The van der Waals surface area contributed by atoms with Gasteiger partial charge in [0, 0.05) is 27.6 Å². The molecule has 0 aromatic heterocycles. The Morgan fingerprint density at radius 3 is 2.50 bits per heavy atom. The van der Waals surface area contributed by atoms with Crippen LogP contribution in [-0.2, 0) is 0 Å². The summed E-state index contributed by atoms with van der Waals surface area (Å²) in [5.74, 6) is 0. The molecule has 4 heteroatoms. The Morgan fingerprint density at radius 1 is 1.15 bits per heavy atom. The number of benzene rings is 1. The first-order valence-electron chi connectivity index (χ1n) is 7.49. The molecule has 112 valence electrons. The molecule has 0 saturated carbocycles. The van der Waals surface area contributed by atoms with Gasteiger partial charge in [0.15, 0.2) is 0 Å². The fourth-order valence-electron chi connectivity index (χ4n) is 2.95. The van der Waals surface area contributed by atoms with E-state index in [4.69, 9.17) is 0 Å². The molecule has 1 aliphatic rings. The van der Waals surface area contributed by atoms with Crippen LogP contribution in [0.1, 0.15) is 44.7 Å². The lowest BCUT2D eigenvalue weighted by Crippen LogP contribution is -2.42. The Kier molecular flexibility index (Phi) is 6.53. The van der Waals surface area contributed by atoms with Gasteiger partial charge in [0.2, 0.25) is 0 Å². The fourth-order valence-corrected chi connectivity index (χ4v) is 4.34. The van der Waals surface area contributed by atoms with Crippen LogP contribution in [0.5, 0.6) is 0 Å². The highest BCUT2D eigenvalue weighted by Crippen LogP contribution is 2.27. The second kappa shape index (κ2) is 7.92. The molecule has 1 saturated heterocycles. The van der Waals surface area contributed by atoms with E-state index in [1.54, 1.807) is 0 Å². The summed E-state index contributed by atoms with van der Waals surface area (Å²) in [5.41, 5.74) is 1.32. The second-order valence-electron chi connectivity index (χ2n) is 5.82. The van der Waals surface area contributed by atoms with E-state index in [-0.39, 0.29) is 0 Å². The molecule has 2 rings (SSSR count). The van der Waals surface area contributed by atoms with Crippen LogP contribution in [0.4, 0.5) is 0 Å². The zero-order valence-corrected chi connectivity index (χ0v) is 15.5. The van der Waals surface area contributed by atoms with E-state index in [1.165, 1.54) is 37.9 Å². The van der Waals surface area contributed by atoms with Gasteiger partial charge in [-0.1, -0.05) is 44.3 Å². The number of nitrogens with one attached hydrogen (secondary N) is 1. The molecule has 0 radical (unpaired) electrons. The molecule has 0 bridgehead atoms. The molecule has 1 aliphatic heterocycles. The van der Waals surface area contributed by atoms with Crippen LogP contribution in [0.2, 0.25) is 0 Å². The van der Waals surface area contributed by atoms with Gasteiger partial charge in [-0.05, 0) is 57.5 Å². The zero-order valence-electron chi connectivity index (χ0n) is 12.3. The highest BCUT2D eigenvalue weighted by atomic mass is 79.9. The van der Waals surface area contributed by atoms with E-state index in [1.807, 2.05) is 0 Å². The van der Waals surface area contributed by atoms with Gasteiger partial charge in [-0.2, -0.15) is 0 Å². The Balaban J connectivity index is 1.87. The minimum Gasteiger partial charge on any atom is -0.306 e. The molecule has 1 fully saturated rings. The van der Waals surface area contributed by atoms with Crippen molar-refractivity contribution >= 4 is 31.9 Å². The number of halogens is 2. The van der Waals surface area contributed by atoms with E-state index >= 15 is 0 Å². The molecule has 1 aromatic rings. The van der Waals surface area contributed by atoms with Crippen molar-refractivity contribution in [1.82, 2.24) is 10.2 Å². The molecular weight excluding hydrogens is 380 g/mol. The average Bonchev–Trinajstić information content (AvgIpc) is 2.39. The van der Waals surface area contributed by atoms with Crippen molar-refractivity contribution in [1.29, 1.82) is 0 Å². The number of hydrogen-bond acceptors (Lipinski definition) is 2. The predicted octanol–water partition coefficient (Wildman–Crippen LogP) is 4.74. The third kappa shape index (κ3) is 4.83. The molecule has 1 N–H and O–H groups in total. The SMILES string of the molecule is CC(CN1CCCCC1)NC(C)c1ccc(Br)cc1Br. The molecular formula is C16H24Br2N2. The van der Waals surface area contributed by atoms with Crippen molar-refractivity contribution in [2.45, 2.75) is 45.2 Å². The Labute approximate surface area is 139 Å². The standard InChI is InChI=1S/C16H24Br2N2/c1-12(11-20-8-4-3-5-9-20)19-13(2)15-7-6-14(17)10-16(15)18/h6-7,10,12-13,19H,3-5,8-9,11H2,1-2H3. The number of nitrogens with zero attached hydrogens (tertiary/aromatic N) is 1. The van der Waals surface area contributed by atoms with E-state index in [2.05, 4.69) is 74.1 Å². The second-order valence-corrected chi connectivity index (χ2v) is 7.59. The summed E-state index contributed by atoms with van der Waals surface area (Å²) in [5, 5.41) is 3.72. The van der Waals surface area contributed by atoms with Crippen molar-refractivity contribution in [3.8, 4) is 0 Å². The first-order chi connectivity index (χ1) is 9.56. The van der Waals surface area contributed by atoms with E-state index in [0.29, 0.717) is 12.1 Å². The number of piperidine rings is 1. The summed E-state index contributed by atoms with van der Waals surface area (Å²) in [6.45, 7) is 8.21. The maximum atomic E-state index is 3.72. The molecule has 0 aliphatic carbocycles. The lowest BCUT2D eigenvalue weighted by Gasteiger charge is -2.31. The molecule has 0 spiro atoms. The van der Waals surface area contributed by atoms with Gasteiger partial charge >= 0.3 is 0 Å². The van der Waals surface area contributed by atoms with Crippen molar-refractivity contribution < 1.29 is 0 Å². The highest BCUT2D eigenvalue weighted by molar-refractivity contribution is 9.11. The Morgan fingerprint density at radius 2 is 1.85 bits per heavy atom. The van der Waals surface area contributed by atoms with Crippen molar-refractivity contribution in [2.24, 2.45) is 0 Å². The molecule has 1 aromatic carbocycles. The van der Waals surface area contributed by atoms with Gasteiger partial charge in [0.05, 0.1) is 0 Å². The van der Waals surface area contributed by atoms with Gasteiger partial charge in [-0.15, -0.1) is 0 Å². The molecule has 2 unspecified atom stereocenters. The van der Waals surface area contributed by atoms with Crippen LogP contribution in [0, 0.1) is 0 Å². The molecule has 0 amide bonds. The van der Waals surface area contributed by atoms with Gasteiger partial charge in [0.25, 0.3) is 0 Å². The first kappa shape index (κ1) is 16.5. The summed E-state index contributed by atoms with van der Waals surface area (Å²) in [6.07, 6.45) is 4.13. The molecule has 1 heterocycles. The number of hydrogen-bond donors (Lipinski definition) is 1.